The van der Waals surface area contributed by atoms with Crippen LogP contribution in [-0.4, -0.2) is 24.1 Å². The molecular weight excluding hydrogens is 298 g/mol. The minimum atomic E-state index is -0.392. The third-order valence-electron chi connectivity index (χ3n) is 3.11. The quantitative estimate of drug-likeness (QED) is 0.662. The van der Waals surface area contributed by atoms with Gasteiger partial charge in [0.1, 0.15) is 0 Å². The number of nitrogens with one attached hydrogen (secondary N) is 2. The fourth-order valence-electron chi connectivity index (χ4n) is 2.09. The number of nitro groups is 1. The monoisotopic (exact) mass is 313 g/mol. The molecule has 0 bridgehead atoms. The molecule has 5 nitrogen and oxygen atoms in total. The summed E-state index contributed by atoms with van der Waals surface area (Å²) in [4.78, 5) is 10.2. The zero-order valence-corrected chi connectivity index (χ0v) is 11.6. The van der Waals surface area contributed by atoms with Gasteiger partial charge in [-0.25, -0.2) is 0 Å². The molecule has 1 unspecified atom stereocenters. The molecule has 18 heavy (non-hydrogen) atoms. The molecule has 2 rings (SSSR count). The SMILES string of the molecule is O=[N+]([O-])c1ccc(NCC2CCCCN2)c(Br)c1. The maximum atomic E-state index is 10.6. The lowest BCUT2D eigenvalue weighted by atomic mass is 10.1. The third-order valence-corrected chi connectivity index (χ3v) is 3.77. The van der Waals surface area contributed by atoms with Crippen LogP contribution in [0.3, 0.4) is 0 Å². The van der Waals surface area contributed by atoms with Gasteiger partial charge in [0, 0.05) is 34.9 Å². The van der Waals surface area contributed by atoms with Crippen molar-refractivity contribution in [1.82, 2.24) is 5.32 Å². The van der Waals surface area contributed by atoms with Gasteiger partial charge in [0.25, 0.3) is 5.69 Å². The van der Waals surface area contributed by atoms with Crippen molar-refractivity contribution in [3.05, 3.63) is 32.8 Å². The number of rotatable bonds is 4. The van der Waals surface area contributed by atoms with Gasteiger partial charge in [-0.2, -0.15) is 0 Å². The summed E-state index contributed by atoms with van der Waals surface area (Å²) < 4.78 is 0.729. The Morgan fingerprint density at radius 1 is 1.50 bits per heavy atom. The largest absolute Gasteiger partial charge is 0.383 e. The van der Waals surface area contributed by atoms with Crippen LogP contribution in [0.2, 0.25) is 0 Å². The lowest BCUT2D eigenvalue weighted by molar-refractivity contribution is -0.384. The van der Waals surface area contributed by atoms with E-state index in [1.54, 1.807) is 6.07 Å². The standard InChI is InChI=1S/C12H16BrN3O2/c13-11-7-10(16(17)18)4-5-12(11)15-8-9-3-1-2-6-14-9/h4-5,7,9,14-15H,1-3,6,8H2. The highest BCUT2D eigenvalue weighted by atomic mass is 79.9. The Kier molecular flexibility index (Phi) is 4.54. The first-order valence-electron chi connectivity index (χ1n) is 6.08. The maximum Gasteiger partial charge on any atom is 0.270 e. The van der Waals surface area contributed by atoms with Gasteiger partial charge in [-0.15, -0.1) is 0 Å². The third kappa shape index (κ3) is 3.43. The highest BCUT2D eigenvalue weighted by Crippen LogP contribution is 2.27. The van der Waals surface area contributed by atoms with Crippen molar-refractivity contribution in [1.29, 1.82) is 0 Å². The van der Waals surface area contributed by atoms with Crippen molar-refractivity contribution >= 4 is 27.3 Å². The van der Waals surface area contributed by atoms with E-state index in [2.05, 4.69) is 26.6 Å². The van der Waals surface area contributed by atoms with Crippen LogP contribution in [0.5, 0.6) is 0 Å². The molecule has 1 saturated heterocycles. The zero-order valence-electron chi connectivity index (χ0n) is 9.99. The van der Waals surface area contributed by atoms with Crippen molar-refractivity contribution in [3.63, 3.8) is 0 Å². The van der Waals surface area contributed by atoms with Crippen LogP contribution in [0.1, 0.15) is 19.3 Å². The molecule has 0 amide bonds. The summed E-state index contributed by atoms with van der Waals surface area (Å²) in [5, 5.41) is 17.4. The summed E-state index contributed by atoms with van der Waals surface area (Å²) in [5.74, 6) is 0. The van der Waals surface area contributed by atoms with Crippen molar-refractivity contribution < 1.29 is 4.92 Å². The average Bonchev–Trinajstić information content (AvgIpc) is 2.38. The first-order valence-corrected chi connectivity index (χ1v) is 6.87. The van der Waals surface area contributed by atoms with E-state index in [4.69, 9.17) is 0 Å². The molecule has 1 fully saturated rings. The predicted octanol–water partition coefficient (Wildman–Crippen LogP) is 2.91. The molecule has 98 valence electrons. The number of hydrogen-bond acceptors (Lipinski definition) is 4. The smallest absolute Gasteiger partial charge is 0.270 e. The Labute approximate surface area is 114 Å². The number of nitrogens with zero attached hydrogens (tertiary/aromatic N) is 1. The van der Waals surface area contributed by atoms with Crippen molar-refractivity contribution in [2.24, 2.45) is 0 Å². The Hall–Kier alpha value is -1.14. The Morgan fingerprint density at radius 2 is 2.33 bits per heavy atom. The number of anilines is 1. The van der Waals surface area contributed by atoms with Gasteiger partial charge in [-0.05, 0) is 41.4 Å². The Bertz CT molecular complexity index is 433. The average molecular weight is 314 g/mol. The van der Waals surface area contributed by atoms with E-state index in [0.717, 1.165) is 23.2 Å². The summed E-state index contributed by atoms with van der Waals surface area (Å²) >= 11 is 3.35. The van der Waals surface area contributed by atoms with Crippen molar-refractivity contribution in [2.45, 2.75) is 25.3 Å². The van der Waals surface area contributed by atoms with Crippen LogP contribution in [0.4, 0.5) is 11.4 Å². The second-order valence-corrected chi connectivity index (χ2v) is 5.30. The molecule has 0 spiro atoms. The second-order valence-electron chi connectivity index (χ2n) is 4.45. The van der Waals surface area contributed by atoms with Crippen LogP contribution >= 0.6 is 15.9 Å². The van der Waals surface area contributed by atoms with E-state index >= 15 is 0 Å². The summed E-state index contributed by atoms with van der Waals surface area (Å²) in [7, 11) is 0. The van der Waals surface area contributed by atoms with Crippen LogP contribution in [0.25, 0.3) is 0 Å². The molecule has 0 aromatic heterocycles. The molecule has 1 aliphatic heterocycles. The van der Waals surface area contributed by atoms with E-state index < -0.39 is 4.92 Å². The molecule has 1 heterocycles. The first-order chi connectivity index (χ1) is 8.66. The molecule has 1 atom stereocenters. The number of benzene rings is 1. The lowest BCUT2D eigenvalue weighted by Crippen LogP contribution is -2.39. The van der Waals surface area contributed by atoms with Gasteiger partial charge in [0.2, 0.25) is 0 Å². The topological polar surface area (TPSA) is 67.2 Å². The highest BCUT2D eigenvalue weighted by Gasteiger charge is 2.13. The number of nitro benzene ring substituents is 1. The summed E-state index contributed by atoms with van der Waals surface area (Å²) in [6, 6.07) is 5.27. The molecule has 2 N–H and O–H groups in total. The van der Waals surface area contributed by atoms with Crippen LogP contribution in [0, 0.1) is 10.1 Å². The van der Waals surface area contributed by atoms with Crippen LogP contribution < -0.4 is 10.6 Å². The minimum Gasteiger partial charge on any atom is -0.383 e. The molecule has 1 aromatic rings. The minimum absolute atomic E-state index is 0.100. The van der Waals surface area contributed by atoms with Gasteiger partial charge < -0.3 is 10.6 Å². The zero-order chi connectivity index (χ0) is 13.0. The Morgan fingerprint density at radius 3 is 2.94 bits per heavy atom. The molecule has 0 radical (unpaired) electrons. The molecule has 1 aromatic carbocycles. The van der Waals surface area contributed by atoms with E-state index in [-0.39, 0.29) is 5.69 Å². The molecular formula is C12H16BrN3O2. The second kappa shape index (κ2) is 6.15. The summed E-state index contributed by atoms with van der Waals surface area (Å²) in [6.07, 6.45) is 3.69. The molecule has 6 heteroatoms. The summed E-state index contributed by atoms with van der Waals surface area (Å²) in [5.41, 5.74) is 0.996. The van der Waals surface area contributed by atoms with Gasteiger partial charge in [-0.1, -0.05) is 6.42 Å². The number of halogens is 1. The van der Waals surface area contributed by atoms with Gasteiger partial charge in [0.05, 0.1) is 4.92 Å². The highest BCUT2D eigenvalue weighted by molar-refractivity contribution is 9.10. The van der Waals surface area contributed by atoms with E-state index in [1.807, 2.05) is 0 Å². The number of hydrogen-bond donors (Lipinski definition) is 2. The normalized spacial score (nSPS) is 19.5. The number of non-ortho nitro benzene ring substituents is 1. The van der Waals surface area contributed by atoms with E-state index in [0.29, 0.717) is 6.04 Å². The van der Waals surface area contributed by atoms with Gasteiger partial charge in [0.15, 0.2) is 0 Å². The fourth-order valence-corrected chi connectivity index (χ4v) is 2.60. The van der Waals surface area contributed by atoms with Crippen LogP contribution in [0.15, 0.2) is 22.7 Å². The molecule has 0 aliphatic carbocycles. The van der Waals surface area contributed by atoms with Crippen molar-refractivity contribution in [3.8, 4) is 0 Å². The predicted molar refractivity (Wildman–Crippen MR) is 74.9 cm³/mol. The summed E-state index contributed by atoms with van der Waals surface area (Å²) in [6.45, 7) is 1.92. The lowest BCUT2D eigenvalue weighted by Gasteiger charge is -2.24. The van der Waals surface area contributed by atoms with Gasteiger partial charge in [-0.3, -0.25) is 10.1 Å². The first kappa shape index (κ1) is 13.3. The maximum absolute atomic E-state index is 10.6. The Balaban J connectivity index is 1.94. The van der Waals surface area contributed by atoms with E-state index in [9.17, 15) is 10.1 Å². The van der Waals surface area contributed by atoms with Crippen LogP contribution in [-0.2, 0) is 0 Å². The molecule has 1 aliphatic rings. The van der Waals surface area contributed by atoms with Crippen molar-refractivity contribution in [2.75, 3.05) is 18.4 Å². The van der Waals surface area contributed by atoms with E-state index in [1.165, 1.54) is 31.4 Å². The van der Waals surface area contributed by atoms with Gasteiger partial charge >= 0.3 is 0 Å². The number of piperidine rings is 1. The molecule has 0 saturated carbocycles. The fraction of sp³-hybridized carbons (Fsp3) is 0.500.